The molecule has 1 N–H and O–H groups in total. The van der Waals surface area contributed by atoms with E-state index in [1.165, 1.54) is 24.8 Å². The molecule has 1 aromatic rings. The van der Waals surface area contributed by atoms with E-state index in [0.717, 1.165) is 29.7 Å². The van der Waals surface area contributed by atoms with E-state index in [0.29, 0.717) is 18.2 Å². The zero-order valence-electron chi connectivity index (χ0n) is 12.4. The summed E-state index contributed by atoms with van der Waals surface area (Å²) in [5.74, 6) is 0.300. The van der Waals surface area contributed by atoms with Crippen molar-refractivity contribution in [3.8, 4) is 0 Å². The van der Waals surface area contributed by atoms with Gasteiger partial charge in [-0.15, -0.1) is 0 Å². The normalized spacial score (nSPS) is 20.1. The van der Waals surface area contributed by atoms with E-state index < -0.39 is 0 Å². The summed E-state index contributed by atoms with van der Waals surface area (Å²) in [5.41, 5.74) is 4.42. The number of Topliss-reactive ketones (excluding diaryl/α,β-unsaturated/α-hetero) is 1. The summed E-state index contributed by atoms with van der Waals surface area (Å²) in [4.78, 5) is 12.5. The summed E-state index contributed by atoms with van der Waals surface area (Å²) in [6.07, 6.45) is 5.56. The highest BCUT2D eigenvalue weighted by Crippen LogP contribution is 2.20. The molecule has 1 aliphatic rings. The van der Waals surface area contributed by atoms with Gasteiger partial charge in [-0.1, -0.05) is 30.5 Å². The standard InChI is InChI=1S/C17H25NO/c1-12-9-13(2)17(14(3)10-12)16(19)11-15-7-5-4-6-8-18-15/h9-10,15,18H,4-8,11H2,1-3H3. The SMILES string of the molecule is Cc1cc(C)c(C(=O)CC2CCCCCN2)c(C)c1. The highest BCUT2D eigenvalue weighted by Gasteiger charge is 2.19. The summed E-state index contributed by atoms with van der Waals surface area (Å²) < 4.78 is 0. The minimum absolute atomic E-state index is 0.300. The second kappa shape index (κ2) is 6.33. The fraction of sp³-hybridized carbons (Fsp3) is 0.588. The van der Waals surface area contributed by atoms with Crippen LogP contribution in [0.5, 0.6) is 0 Å². The third kappa shape index (κ3) is 3.66. The fourth-order valence-electron chi connectivity index (χ4n) is 3.22. The Labute approximate surface area is 116 Å². The van der Waals surface area contributed by atoms with Gasteiger partial charge in [0.25, 0.3) is 0 Å². The Morgan fingerprint density at radius 3 is 2.53 bits per heavy atom. The molecule has 0 spiro atoms. The van der Waals surface area contributed by atoms with E-state index >= 15 is 0 Å². The van der Waals surface area contributed by atoms with Crippen LogP contribution in [-0.2, 0) is 0 Å². The number of hydrogen-bond donors (Lipinski definition) is 1. The van der Waals surface area contributed by atoms with Crippen molar-refractivity contribution in [2.75, 3.05) is 6.54 Å². The number of benzene rings is 1. The number of hydrogen-bond acceptors (Lipinski definition) is 2. The average Bonchev–Trinajstić information content (AvgIpc) is 2.56. The topological polar surface area (TPSA) is 29.1 Å². The van der Waals surface area contributed by atoms with E-state index in [9.17, 15) is 4.79 Å². The minimum atomic E-state index is 0.300. The molecule has 2 heteroatoms. The third-order valence-corrected chi connectivity index (χ3v) is 4.05. The minimum Gasteiger partial charge on any atom is -0.314 e. The van der Waals surface area contributed by atoms with Crippen LogP contribution in [0.4, 0.5) is 0 Å². The molecule has 0 aromatic heterocycles. The molecule has 1 unspecified atom stereocenters. The molecule has 1 heterocycles. The number of nitrogens with one attached hydrogen (secondary N) is 1. The van der Waals surface area contributed by atoms with Crippen LogP contribution >= 0.6 is 0 Å². The molecule has 1 fully saturated rings. The second-order valence-corrected chi connectivity index (χ2v) is 5.90. The van der Waals surface area contributed by atoms with Crippen molar-refractivity contribution in [1.82, 2.24) is 5.32 Å². The van der Waals surface area contributed by atoms with E-state index in [-0.39, 0.29) is 0 Å². The molecular weight excluding hydrogens is 234 g/mol. The average molecular weight is 259 g/mol. The van der Waals surface area contributed by atoms with Gasteiger partial charge in [0, 0.05) is 18.0 Å². The number of carbonyl (C=O) groups is 1. The molecule has 19 heavy (non-hydrogen) atoms. The second-order valence-electron chi connectivity index (χ2n) is 5.90. The van der Waals surface area contributed by atoms with Crippen LogP contribution in [0, 0.1) is 20.8 Å². The van der Waals surface area contributed by atoms with Gasteiger partial charge in [-0.05, 0) is 51.3 Å². The first-order valence-electron chi connectivity index (χ1n) is 7.42. The Morgan fingerprint density at radius 2 is 1.84 bits per heavy atom. The maximum absolute atomic E-state index is 12.5. The fourth-order valence-corrected chi connectivity index (χ4v) is 3.22. The maximum atomic E-state index is 12.5. The van der Waals surface area contributed by atoms with Crippen molar-refractivity contribution in [3.05, 3.63) is 34.4 Å². The molecule has 1 saturated heterocycles. The van der Waals surface area contributed by atoms with Crippen LogP contribution in [-0.4, -0.2) is 18.4 Å². The molecule has 2 rings (SSSR count). The molecule has 1 aliphatic heterocycles. The van der Waals surface area contributed by atoms with Gasteiger partial charge in [-0.2, -0.15) is 0 Å². The van der Waals surface area contributed by atoms with Gasteiger partial charge >= 0.3 is 0 Å². The monoisotopic (exact) mass is 259 g/mol. The summed E-state index contributed by atoms with van der Waals surface area (Å²) in [6.45, 7) is 7.24. The van der Waals surface area contributed by atoms with Gasteiger partial charge in [0.15, 0.2) is 5.78 Å². The lowest BCUT2D eigenvalue weighted by Gasteiger charge is -2.17. The highest BCUT2D eigenvalue weighted by atomic mass is 16.1. The van der Waals surface area contributed by atoms with Gasteiger partial charge < -0.3 is 5.32 Å². The molecule has 104 valence electrons. The maximum Gasteiger partial charge on any atom is 0.164 e. The lowest BCUT2D eigenvalue weighted by Crippen LogP contribution is -2.30. The first-order chi connectivity index (χ1) is 9.08. The van der Waals surface area contributed by atoms with Gasteiger partial charge in [0.1, 0.15) is 0 Å². The molecule has 0 bridgehead atoms. The number of ketones is 1. The lowest BCUT2D eigenvalue weighted by atomic mass is 9.92. The summed E-state index contributed by atoms with van der Waals surface area (Å²) >= 11 is 0. The molecular formula is C17H25NO. The van der Waals surface area contributed by atoms with Crippen LogP contribution in [0.25, 0.3) is 0 Å². The molecule has 1 aromatic carbocycles. The van der Waals surface area contributed by atoms with Crippen LogP contribution in [0.2, 0.25) is 0 Å². The van der Waals surface area contributed by atoms with Crippen molar-refractivity contribution in [3.63, 3.8) is 0 Å². The Kier molecular flexibility index (Phi) is 4.76. The molecule has 1 atom stereocenters. The summed E-state index contributed by atoms with van der Waals surface area (Å²) in [7, 11) is 0. The number of aryl methyl sites for hydroxylation is 3. The third-order valence-electron chi connectivity index (χ3n) is 4.05. The quantitative estimate of drug-likeness (QED) is 0.838. The Bertz CT molecular complexity index is 433. The smallest absolute Gasteiger partial charge is 0.164 e. The predicted octanol–water partition coefficient (Wildman–Crippen LogP) is 3.72. The van der Waals surface area contributed by atoms with E-state index in [1.807, 2.05) is 13.8 Å². The molecule has 2 nitrogen and oxygen atoms in total. The van der Waals surface area contributed by atoms with Gasteiger partial charge in [-0.3, -0.25) is 4.79 Å². The first kappa shape index (κ1) is 14.3. The molecule has 0 radical (unpaired) electrons. The first-order valence-corrected chi connectivity index (χ1v) is 7.42. The van der Waals surface area contributed by atoms with Crippen LogP contribution < -0.4 is 5.32 Å². The number of rotatable bonds is 3. The Morgan fingerprint density at radius 1 is 1.16 bits per heavy atom. The van der Waals surface area contributed by atoms with Crippen LogP contribution in [0.15, 0.2) is 12.1 Å². The van der Waals surface area contributed by atoms with Crippen LogP contribution in [0.1, 0.15) is 59.2 Å². The van der Waals surface area contributed by atoms with E-state index in [2.05, 4.69) is 24.4 Å². The van der Waals surface area contributed by atoms with Crippen molar-refractivity contribution in [1.29, 1.82) is 0 Å². The Hall–Kier alpha value is -1.15. The van der Waals surface area contributed by atoms with Crippen molar-refractivity contribution >= 4 is 5.78 Å². The van der Waals surface area contributed by atoms with Crippen molar-refractivity contribution in [2.24, 2.45) is 0 Å². The van der Waals surface area contributed by atoms with Gasteiger partial charge in [-0.25, -0.2) is 0 Å². The molecule has 0 saturated carbocycles. The number of carbonyl (C=O) groups excluding carboxylic acids is 1. The zero-order valence-corrected chi connectivity index (χ0v) is 12.4. The van der Waals surface area contributed by atoms with Crippen molar-refractivity contribution < 1.29 is 4.79 Å². The van der Waals surface area contributed by atoms with Crippen molar-refractivity contribution in [2.45, 2.75) is 58.9 Å². The van der Waals surface area contributed by atoms with E-state index in [1.54, 1.807) is 0 Å². The molecule has 0 amide bonds. The van der Waals surface area contributed by atoms with Gasteiger partial charge in [0.05, 0.1) is 0 Å². The predicted molar refractivity (Wildman–Crippen MR) is 79.9 cm³/mol. The van der Waals surface area contributed by atoms with Crippen LogP contribution in [0.3, 0.4) is 0 Å². The highest BCUT2D eigenvalue weighted by molar-refractivity contribution is 5.99. The molecule has 0 aliphatic carbocycles. The Balaban J connectivity index is 2.11. The zero-order chi connectivity index (χ0) is 13.8. The summed E-state index contributed by atoms with van der Waals surface area (Å²) in [5, 5.41) is 3.51. The lowest BCUT2D eigenvalue weighted by molar-refractivity contribution is 0.0967. The van der Waals surface area contributed by atoms with E-state index in [4.69, 9.17) is 0 Å². The largest absolute Gasteiger partial charge is 0.314 e. The van der Waals surface area contributed by atoms with Gasteiger partial charge in [0.2, 0.25) is 0 Å². The summed E-state index contributed by atoms with van der Waals surface area (Å²) in [6, 6.07) is 4.59.